The van der Waals surface area contributed by atoms with Crippen LogP contribution in [0.4, 0.5) is 5.69 Å². The molecule has 6 heteroatoms. The molecule has 0 fully saturated rings. The smallest absolute Gasteiger partial charge is 0.264 e. The number of benzene rings is 1. The molecule has 3 rings (SSSR count). The SMILES string of the molecule is Cc1ccc(NC(=O)CCn2cnc3oc(C)c(C)c3c2=O)cc1C. The normalized spacial score (nSPS) is 11.0. The zero-order chi connectivity index (χ0) is 18.1. The van der Waals surface area contributed by atoms with Crippen molar-refractivity contribution in [2.24, 2.45) is 0 Å². The molecule has 130 valence electrons. The largest absolute Gasteiger partial charge is 0.443 e. The maximum Gasteiger partial charge on any atom is 0.264 e. The summed E-state index contributed by atoms with van der Waals surface area (Å²) >= 11 is 0. The van der Waals surface area contributed by atoms with Crippen molar-refractivity contribution in [1.29, 1.82) is 0 Å². The Morgan fingerprint density at radius 1 is 1.20 bits per heavy atom. The van der Waals surface area contributed by atoms with Gasteiger partial charge in [-0.05, 0) is 51.0 Å². The van der Waals surface area contributed by atoms with Crippen LogP contribution < -0.4 is 10.9 Å². The summed E-state index contributed by atoms with van der Waals surface area (Å²) in [6.45, 7) is 7.93. The number of hydrogen-bond donors (Lipinski definition) is 1. The molecular formula is C19H21N3O3. The molecule has 1 N–H and O–H groups in total. The molecule has 0 unspecified atom stereocenters. The van der Waals surface area contributed by atoms with Crippen LogP contribution in [0.15, 0.2) is 33.7 Å². The van der Waals surface area contributed by atoms with Gasteiger partial charge in [-0.15, -0.1) is 0 Å². The van der Waals surface area contributed by atoms with E-state index >= 15 is 0 Å². The Labute approximate surface area is 145 Å². The Morgan fingerprint density at radius 3 is 2.68 bits per heavy atom. The van der Waals surface area contributed by atoms with E-state index < -0.39 is 0 Å². The van der Waals surface area contributed by atoms with Crippen molar-refractivity contribution >= 4 is 22.7 Å². The molecule has 1 aromatic carbocycles. The summed E-state index contributed by atoms with van der Waals surface area (Å²) < 4.78 is 6.90. The number of carbonyl (C=O) groups excluding carboxylic acids is 1. The van der Waals surface area contributed by atoms with Crippen LogP contribution in [-0.4, -0.2) is 15.5 Å². The molecule has 2 aromatic heterocycles. The summed E-state index contributed by atoms with van der Waals surface area (Å²) in [6, 6.07) is 5.78. The van der Waals surface area contributed by atoms with Gasteiger partial charge in [0.05, 0.1) is 0 Å². The van der Waals surface area contributed by atoms with Gasteiger partial charge in [-0.1, -0.05) is 6.07 Å². The molecule has 0 aliphatic carbocycles. The van der Waals surface area contributed by atoms with Crippen molar-refractivity contribution in [3.05, 3.63) is 57.3 Å². The van der Waals surface area contributed by atoms with E-state index in [1.165, 1.54) is 16.5 Å². The molecule has 6 nitrogen and oxygen atoms in total. The summed E-state index contributed by atoms with van der Waals surface area (Å²) in [6.07, 6.45) is 1.62. The lowest BCUT2D eigenvalue weighted by Crippen LogP contribution is -2.23. The van der Waals surface area contributed by atoms with Gasteiger partial charge in [-0.2, -0.15) is 0 Å². The second kappa shape index (κ2) is 6.55. The van der Waals surface area contributed by atoms with Crippen molar-refractivity contribution < 1.29 is 9.21 Å². The highest BCUT2D eigenvalue weighted by Gasteiger charge is 2.14. The number of fused-ring (bicyclic) bond motifs is 1. The van der Waals surface area contributed by atoms with Gasteiger partial charge in [-0.25, -0.2) is 4.98 Å². The molecule has 25 heavy (non-hydrogen) atoms. The van der Waals surface area contributed by atoms with Gasteiger partial charge in [-0.3, -0.25) is 14.2 Å². The fourth-order valence-corrected chi connectivity index (χ4v) is 2.69. The summed E-state index contributed by atoms with van der Waals surface area (Å²) in [5, 5.41) is 3.34. The molecule has 0 aliphatic heterocycles. The number of furan rings is 1. The molecular weight excluding hydrogens is 318 g/mol. The topological polar surface area (TPSA) is 77.1 Å². The first-order valence-corrected chi connectivity index (χ1v) is 8.19. The third-order valence-corrected chi connectivity index (χ3v) is 4.53. The van der Waals surface area contributed by atoms with Crippen LogP contribution in [0.25, 0.3) is 11.1 Å². The van der Waals surface area contributed by atoms with E-state index in [9.17, 15) is 9.59 Å². The van der Waals surface area contributed by atoms with E-state index in [1.807, 2.05) is 39.0 Å². The monoisotopic (exact) mass is 339 g/mol. The lowest BCUT2D eigenvalue weighted by molar-refractivity contribution is -0.116. The Balaban J connectivity index is 1.73. The van der Waals surface area contributed by atoms with E-state index in [-0.39, 0.29) is 24.4 Å². The zero-order valence-corrected chi connectivity index (χ0v) is 14.8. The highest BCUT2D eigenvalue weighted by molar-refractivity contribution is 5.90. The van der Waals surface area contributed by atoms with Gasteiger partial charge in [0, 0.05) is 24.2 Å². The highest BCUT2D eigenvalue weighted by atomic mass is 16.3. The van der Waals surface area contributed by atoms with Crippen LogP contribution >= 0.6 is 0 Å². The molecule has 0 aliphatic rings. The van der Waals surface area contributed by atoms with Gasteiger partial charge < -0.3 is 9.73 Å². The van der Waals surface area contributed by atoms with E-state index in [4.69, 9.17) is 4.42 Å². The van der Waals surface area contributed by atoms with Crippen molar-refractivity contribution in [3.8, 4) is 0 Å². The highest BCUT2D eigenvalue weighted by Crippen LogP contribution is 2.19. The van der Waals surface area contributed by atoms with Gasteiger partial charge >= 0.3 is 0 Å². The van der Waals surface area contributed by atoms with Gasteiger partial charge in [0.2, 0.25) is 11.6 Å². The number of rotatable bonds is 4. The number of hydrogen-bond acceptors (Lipinski definition) is 4. The molecule has 0 spiro atoms. The number of nitrogens with zero attached hydrogens (tertiary/aromatic N) is 2. The Bertz CT molecular complexity index is 1010. The first-order chi connectivity index (χ1) is 11.9. The number of amides is 1. The van der Waals surface area contributed by atoms with E-state index in [0.717, 1.165) is 16.8 Å². The second-order valence-electron chi connectivity index (χ2n) is 6.30. The van der Waals surface area contributed by atoms with Gasteiger partial charge in [0.15, 0.2) is 0 Å². The number of nitrogens with one attached hydrogen (secondary N) is 1. The average molecular weight is 339 g/mol. The number of carbonyl (C=O) groups is 1. The standard InChI is InChI=1S/C19H21N3O3/c1-11-5-6-15(9-12(11)2)21-16(23)7-8-22-10-20-18-17(19(22)24)13(3)14(4)25-18/h5-6,9-10H,7-8H2,1-4H3,(H,21,23). The summed E-state index contributed by atoms with van der Waals surface area (Å²) in [4.78, 5) is 28.9. The van der Waals surface area contributed by atoms with Crippen molar-refractivity contribution in [1.82, 2.24) is 9.55 Å². The Morgan fingerprint density at radius 2 is 1.96 bits per heavy atom. The van der Waals surface area contributed by atoms with Gasteiger partial charge in [0.1, 0.15) is 17.5 Å². The number of anilines is 1. The zero-order valence-electron chi connectivity index (χ0n) is 14.8. The third-order valence-electron chi connectivity index (χ3n) is 4.53. The van der Waals surface area contributed by atoms with Crippen LogP contribution in [-0.2, 0) is 11.3 Å². The first-order valence-electron chi connectivity index (χ1n) is 8.19. The second-order valence-corrected chi connectivity index (χ2v) is 6.30. The molecule has 0 saturated heterocycles. The van der Waals surface area contributed by atoms with E-state index in [0.29, 0.717) is 16.9 Å². The fourth-order valence-electron chi connectivity index (χ4n) is 2.69. The van der Waals surface area contributed by atoms with Gasteiger partial charge in [0.25, 0.3) is 5.56 Å². The molecule has 0 saturated carbocycles. The minimum Gasteiger partial charge on any atom is -0.443 e. The fraction of sp³-hybridized carbons (Fsp3) is 0.316. The maximum atomic E-state index is 12.5. The van der Waals surface area contributed by atoms with E-state index in [1.54, 1.807) is 6.92 Å². The van der Waals surface area contributed by atoms with Crippen LogP contribution in [0.5, 0.6) is 0 Å². The maximum absolute atomic E-state index is 12.5. The predicted molar refractivity (Wildman–Crippen MR) is 96.9 cm³/mol. The van der Waals surface area contributed by atoms with Crippen LogP contribution in [0.1, 0.15) is 28.9 Å². The summed E-state index contributed by atoms with van der Waals surface area (Å²) in [5.41, 5.74) is 4.01. The van der Waals surface area contributed by atoms with Crippen molar-refractivity contribution in [3.63, 3.8) is 0 Å². The number of aromatic nitrogens is 2. The molecule has 1 amide bonds. The van der Waals surface area contributed by atoms with Crippen molar-refractivity contribution in [2.75, 3.05) is 5.32 Å². The van der Waals surface area contributed by atoms with Crippen LogP contribution in [0.2, 0.25) is 0 Å². The first kappa shape index (κ1) is 17.0. The molecule has 0 bridgehead atoms. The lowest BCUT2D eigenvalue weighted by atomic mass is 10.1. The van der Waals surface area contributed by atoms with Crippen LogP contribution in [0.3, 0.4) is 0 Å². The molecule has 0 atom stereocenters. The molecule has 0 radical (unpaired) electrons. The third kappa shape index (κ3) is 3.33. The minimum absolute atomic E-state index is 0.143. The Hall–Kier alpha value is -2.89. The predicted octanol–water partition coefficient (Wildman–Crippen LogP) is 3.25. The minimum atomic E-state index is -0.182. The van der Waals surface area contributed by atoms with E-state index in [2.05, 4.69) is 10.3 Å². The Kier molecular flexibility index (Phi) is 4.44. The lowest BCUT2D eigenvalue weighted by Gasteiger charge is -2.08. The van der Waals surface area contributed by atoms with Crippen molar-refractivity contribution in [2.45, 2.75) is 40.7 Å². The van der Waals surface area contributed by atoms with Crippen LogP contribution in [0, 0.1) is 27.7 Å². The summed E-state index contributed by atoms with van der Waals surface area (Å²) in [7, 11) is 0. The molecule has 3 aromatic rings. The number of aryl methyl sites for hydroxylation is 5. The quantitative estimate of drug-likeness (QED) is 0.791. The average Bonchev–Trinajstić information content (AvgIpc) is 2.86. The molecule has 2 heterocycles. The summed E-state index contributed by atoms with van der Waals surface area (Å²) in [5.74, 6) is 0.542.